The second-order valence-corrected chi connectivity index (χ2v) is 5.44. The van der Waals surface area contributed by atoms with Crippen LogP contribution in [-0.4, -0.2) is 17.0 Å². The van der Waals surface area contributed by atoms with E-state index in [-0.39, 0.29) is 18.8 Å². The Labute approximate surface area is 128 Å². The van der Waals surface area contributed by atoms with Crippen LogP contribution >= 0.6 is 0 Å². The number of cyclic esters (lactones) is 1. The van der Waals surface area contributed by atoms with Crippen LogP contribution in [0.25, 0.3) is 0 Å². The van der Waals surface area contributed by atoms with E-state index >= 15 is 0 Å². The minimum absolute atomic E-state index is 0.107. The Morgan fingerprint density at radius 2 is 1.55 bits per heavy atom. The number of aliphatic carboxylic acids is 1. The van der Waals surface area contributed by atoms with Crippen molar-refractivity contribution in [2.24, 2.45) is 5.92 Å². The molecule has 0 aromatic heterocycles. The molecule has 112 valence electrons. The quantitative estimate of drug-likeness (QED) is 0.881. The SMILES string of the molecule is O=C(O)CC1CC(=O)OC1(c1ccccc1)c1ccccc1. The van der Waals surface area contributed by atoms with Crippen molar-refractivity contribution in [3.05, 3.63) is 71.8 Å². The number of carbonyl (C=O) groups is 2. The molecule has 0 saturated carbocycles. The molecule has 1 fully saturated rings. The maximum absolute atomic E-state index is 12.0. The highest BCUT2D eigenvalue weighted by Gasteiger charge is 2.52. The van der Waals surface area contributed by atoms with Crippen LogP contribution in [0.5, 0.6) is 0 Å². The zero-order valence-corrected chi connectivity index (χ0v) is 11.9. The number of benzene rings is 2. The molecular weight excluding hydrogens is 280 g/mol. The lowest BCUT2D eigenvalue weighted by molar-refractivity contribution is -0.148. The maximum Gasteiger partial charge on any atom is 0.307 e. The Morgan fingerprint density at radius 1 is 1.05 bits per heavy atom. The predicted octanol–water partition coefficient (Wildman–Crippen LogP) is 2.97. The minimum Gasteiger partial charge on any atom is -0.481 e. The number of hydrogen-bond donors (Lipinski definition) is 1. The molecule has 2 aromatic rings. The Kier molecular flexibility index (Phi) is 3.67. The van der Waals surface area contributed by atoms with Crippen LogP contribution in [0.2, 0.25) is 0 Å². The summed E-state index contributed by atoms with van der Waals surface area (Å²) in [6.07, 6.45) is -0.00832. The van der Waals surface area contributed by atoms with Crippen LogP contribution in [0.4, 0.5) is 0 Å². The molecule has 0 amide bonds. The Bertz CT molecular complexity index is 639. The summed E-state index contributed by atoms with van der Waals surface area (Å²) >= 11 is 0. The summed E-state index contributed by atoms with van der Waals surface area (Å²) in [6.45, 7) is 0. The summed E-state index contributed by atoms with van der Waals surface area (Å²) in [6, 6.07) is 18.7. The third kappa shape index (κ3) is 2.37. The Hall–Kier alpha value is -2.62. The molecule has 1 saturated heterocycles. The van der Waals surface area contributed by atoms with Crippen molar-refractivity contribution in [2.75, 3.05) is 0 Å². The molecular formula is C18H16O4. The standard InChI is InChI=1S/C18H16O4/c19-16(20)11-15-12-17(21)22-18(15,13-7-3-1-4-8-13)14-9-5-2-6-10-14/h1-10,15H,11-12H2,(H,19,20). The van der Waals surface area contributed by atoms with E-state index in [1.54, 1.807) is 0 Å². The van der Waals surface area contributed by atoms with E-state index in [2.05, 4.69) is 0 Å². The van der Waals surface area contributed by atoms with Crippen molar-refractivity contribution in [3.63, 3.8) is 0 Å². The molecule has 1 aliphatic rings. The van der Waals surface area contributed by atoms with Gasteiger partial charge < -0.3 is 9.84 Å². The smallest absolute Gasteiger partial charge is 0.307 e. The van der Waals surface area contributed by atoms with Gasteiger partial charge in [0, 0.05) is 17.0 Å². The highest BCUT2D eigenvalue weighted by Crippen LogP contribution is 2.48. The number of ether oxygens (including phenoxy) is 1. The molecule has 4 heteroatoms. The number of rotatable bonds is 4. The number of hydrogen-bond acceptors (Lipinski definition) is 3. The van der Waals surface area contributed by atoms with Gasteiger partial charge in [0.15, 0.2) is 5.60 Å². The fourth-order valence-electron chi connectivity index (χ4n) is 3.20. The topological polar surface area (TPSA) is 63.6 Å². The van der Waals surface area contributed by atoms with Crippen LogP contribution in [0.15, 0.2) is 60.7 Å². The van der Waals surface area contributed by atoms with Gasteiger partial charge in [0.25, 0.3) is 0 Å². The van der Waals surface area contributed by atoms with Gasteiger partial charge in [-0.2, -0.15) is 0 Å². The second kappa shape index (κ2) is 5.64. The Balaban J connectivity index is 2.18. The maximum atomic E-state index is 12.0. The molecule has 1 aliphatic heterocycles. The zero-order chi connectivity index (χ0) is 15.6. The van der Waals surface area contributed by atoms with Crippen LogP contribution in [0.3, 0.4) is 0 Å². The van der Waals surface area contributed by atoms with Crippen molar-refractivity contribution in [1.82, 2.24) is 0 Å². The third-order valence-corrected chi connectivity index (χ3v) is 4.09. The molecule has 4 nitrogen and oxygen atoms in total. The molecule has 3 rings (SSSR count). The molecule has 1 atom stereocenters. The molecule has 0 aliphatic carbocycles. The van der Waals surface area contributed by atoms with Crippen LogP contribution in [-0.2, 0) is 19.9 Å². The average molecular weight is 296 g/mol. The van der Waals surface area contributed by atoms with Gasteiger partial charge in [-0.05, 0) is 0 Å². The van der Waals surface area contributed by atoms with Crippen molar-refractivity contribution in [3.8, 4) is 0 Å². The van der Waals surface area contributed by atoms with Gasteiger partial charge in [0.1, 0.15) is 0 Å². The van der Waals surface area contributed by atoms with Gasteiger partial charge in [-0.25, -0.2) is 0 Å². The zero-order valence-electron chi connectivity index (χ0n) is 11.9. The lowest BCUT2D eigenvalue weighted by atomic mass is 9.75. The second-order valence-electron chi connectivity index (χ2n) is 5.44. The molecule has 0 bridgehead atoms. The predicted molar refractivity (Wildman–Crippen MR) is 80.1 cm³/mol. The van der Waals surface area contributed by atoms with E-state index in [4.69, 9.17) is 4.74 Å². The van der Waals surface area contributed by atoms with E-state index < -0.39 is 17.5 Å². The summed E-state index contributed by atoms with van der Waals surface area (Å²) in [4.78, 5) is 23.2. The average Bonchev–Trinajstić information content (AvgIpc) is 2.85. The first-order chi connectivity index (χ1) is 10.6. The molecule has 22 heavy (non-hydrogen) atoms. The van der Waals surface area contributed by atoms with Crippen LogP contribution in [0.1, 0.15) is 24.0 Å². The summed E-state index contributed by atoms with van der Waals surface area (Å²) in [5.74, 6) is -1.72. The lowest BCUT2D eigenvalue weighted by Crippen LogP contribution is -2.35. The monoisotopic (exact) mass is 296 g/mol. The molecule has 1 heterocycles. The fraction of sp³-hybridized carbons (Fsp3) is 0.222. The summed E-state index contributed by atoms with van der Waals surface area (Å²) in [7, 11) is 0. The molecule has 1 N–H and O–H groups in total. The van der Waals surface area contributed by atoms with E-state index in [9.17, 15) is 14.7 Å². The van der Waals surface area contributed by atoms with E-state index in [0.29, 0.717) is 0 Å². The van der Waals surface area contributed by atoms with Crippen LogP contribution < -0.4 is 0 Å². The minimum atomic E-state index is -1.03. The van der Waals surface area contributed by atoms with Crippen LogP contribution in [0, 0.1) is 5.92 Å². The summed E-state index contributed by atoms with van der Waals surface area (Å²) < 4.78 is 5.73. The number of carboxylic acid groups (broad SMARTS) is 1. The first-order valence-corrected chi connectivity index (χ1v) is 7.17. The van der Waals surface area contributed by atoms with Crippen molar-refractivity contribution in [2.45, 2.75) is 18.4 Å². The van der Waals surface area contributed by atoms with Gasteiger partial charge in [-0.1, -0.05) is 60.7 Å². The fourth-order valence-corrected chi connectivity index (χ4v) is 3.20. The van der Waals surface area contributed by atoms with E-state index in [1.807, 2.05) is 60.7 Å². The van der Waals surface area contributed by atoms with Gasteiger partial charge in [0.2, 0.25) is 0 Å². The first kappa shape index (κ1) is 14.3. The molecule has 2 aromatic carbocycles. The number of carbonyl (C=O) groups excluding carboxylic acids is 1. The van der Waals surface area contributed by atoms with Gasteiger partial charge in [-0.15, -0.1) is 0 Å². The number of carboxylic acids is 1. The van der Waals surface area contributed by atoms with E-state index in [0.717, 1.165) is 11.1 Å². The molecule has 0 spiro atoms. The van der Waals surface area contributed by atoms with E-state index in [1.165, 1.54) is 0 Å². The van der Waals surface area contributed by atoms with Gasteiger partial charge >= 0.3 is 11.9 Å². The summed E-state index contributed by atoms with van der Waals surface area (Å²) in [5, 5.41) is 9.22. The lowest BCUT2D eigenvalue weighted by Gasteiger charge is -2.34. The highest BCUT2D eigenvalue weighted by molar-refractivity contribution is 5.77. The third-order valence-electron chi connectivity index (χ3n) is 4.09. The van der Waals surface area contributed by atoms with Crippen molar-refractivity contribution < 1.29 is 19.4 Å². The normalized spacial score (nSPS) is 19.6. The molecule has 0 radical (unpaired) electrons. The largest absolute Gasteiger partial charge is 0.481 e. The highest BCUT2D eigenvalue weighted by atomic mass is 16.6. The summed E-state index contributed by atoms with van der Waals surface area (Å²) in [5.41, 5.74) is 0.578. The number of esters is 1. The van der Waals surface area contributed by atoms with Gasteiger partial charge in [0.05, 0.1) is 12.8 Å². The Morgan fingerprint density at radius 3 is 2.00 bits per heavy atom. The van der Waals surface area contributed by atoms with Crippen molar-refractivity contribution in [1.29, 1.82) is 0 Å². The van der Waals surface area contributed by atoms with Gasteiger partial charge in [-0.3, -0.25) is 9.59 Å². The first-order valence-electron chi connectivity index (χ1n) is 7.17. The molecule has 1 unspecified atom stereocenters. The van der Waals surface area contributed by atoms with Crippen molar-refractivity contribution >= 4 is 11.9 Å².